The normalized spacial score (nSPS) is 21.1. The molecular weight excluding hydrogens is 191 g/mol. The number of hydrogen-bond donors (Lipinski definition) is 7. The van der Waals surface area contributed by atoms with Gasteiger partial charge in [-0.25, -0.2) is 0 Å². The second-order valence-corrected chi connectivity index (χ2v) is 5.85. The molecule has 7 N–H and O–H groups in total. The summed E-state index contributed by atoms with van der Waals surface area (Å²) in [7, 11) is -5.77. The van der Waals surface area contributed by atoms with Crippen molar-refractivity contribution in [2.45, 2.75) is 11.7 Å². The van der Waals surface area contributed by atoms with Crippen molar-refractivity contribution < 1.29 is 35.1 Å². The Labute approximate surface area is 68.3 Å². The van der Waals surface area contributed by atoms with E-state index in [4.69, 9.17) is 35.1 Å². The summed E-state index contributed by atoms with van der Waals surface area (Å²) in [6.45, 7) is -2.25. The van der Waals surface area contributed by atoms with Gasteiger partial charge in [0.1, 0.15) is 0 Å². The average molecular weight is 204 g/mol. The van der Waals surface area contributed by atoms with Crippen LogP contribution in [0.3, 0.4) is 0 Å². The monoisotopic (exact) mass is 204 g/mol. The molecule has 0 aliphatic rings. The van der Waals surface area contributed by atoms with Gasteiger partial charge in [-0.3, -0.25) is 0 Å². The molecule has 0 saturated carbocycles. The standard InChI is InChI=1S/C4H13O7P/c5-1-3(7)12(9,10,11)4(8)2-6/h3-11H,1-2H2. The molecule has 0 rings (SSSR count). The zero-order valence-corrected chi connectivity index (χ0v) is 7.04. The predicted octanol–water partition coefficient (Wildman–Crippen LogP) is -3.12. The fourth-order valence-electron chi connectivity index (χ4n) is 0.512. The number of aliphatic hydroxyl groups is 4. The van der Waals surface area contributed by atoms with Gasteiger partial charge in [0, 0.05) is 0 Å². The maximum atomic E-state index is 8.94. The molecule has 0 aliphatic carbocycles. The van der Waals surface area contributed by atoms with Gasteiger partial charge < -0.3 is 0 Å². The molecule has 0 fully saturated rings. The Morgan fingerprint density at radius 2 is 1.08 bits per heavy atom. The molecule has 0 radical (unpaired) electrons. The Kier molecular flexibility index (Phi) is 3.53. The van der Waals surface area contributed by atoms with Gasteiger partial charge in [0.25, 0.3) is 0 Å². The molecular formula is C4H13O7P. The zero-order valence-electron chi connectivity index (χ0n) is 6.15. The summed E-state index contributed by atoms with van der Waals surface area (Å²) in [5, 5.41) is 34.0. The van der Waals surface area contributed by atoms with Crippen molar-refractivity contribution in [1.29, 1.82) is 0 Å². The Morgan fingerprint density at radius 1 is 0.833 bits per heavy atom. The van der Waals surface area contributed by atoms with Crippen LogP contribution in [0.4, 0.5) is 0 Å². The number of hydrogen-bond acceptors (Lipinski definition) is 7. The first-order valence-corrected chi connectivity index (χ1v) is 5.31. The summed E-state index contributed by atoms with van der Waals surface area (Å²) in [6, 6.07) is 0. The molecule has 0 amide bonds. The molecule has 2 atom stereocenters. The minimum absolute atomic E-state index is 1.13. The van der Waals surface area contributed by atoms with Crippen LogP contribution >= 0.6 is 7.28 Å². The van der Waals surface area contributed by atoms with Crippen LogP contribution in [0.2, 0.25) is 0 Å². The summed E-state index contributed by atoms with van der Waals surface area (Å²) < 4.78 is 0. The van der Waals surface area contributed by atoms with Gasteiger partial charge in [-0.05, 0) is 0 Å². The Bertz CT molecular complexity index is 137. The van der Waals surface area contributed by atoms with Crippen LogP contribution in [-0.4, -0.2) is 60.0 Å². The van der Waals surface area contributed by atoms with Gasteiger partial charge in [-0.1, -0.05) is 0 Å². The van der Waals surface area contributed by atoms with E-state index in [0.29, 0.717) is 0 Å². The van der Waals surface area contributed by atoms with Crippen molar-refractivity contribution in [2.75, 3.05) is 13.2 Å². The number of rotatable bonds is 4. The van der Waals surface area contributed by atoms with Crippen molar-refractivity contribution >= 4 is 7.28 Å². The molecule has 8 heteroatoms. The zero-order chi connectivity index (χ0) is 10.0. The first-order chi connectivity index (χ1) is 5.24. The van der Waals surface area contributed by atoms with Gasteiger partial charge in [0.2, 0.25) is 0 Å². The van der Waals surface area contributed by atoms with Crippen LogP contribution in [0.1, 0.15) is 0 Å². The van der Waals surface area contributed by atoms with E-state index in [2.05, 4.69) is 0 Å². The molecule has 76 valence electrons. The topological polar surface area (TPSA) is 142 Å². The van der Waals surface area contributed by atoms with Crippen molar-refractivity contribution in [1.82, 2.24) is 0 Å². The molecule has 7 nitrogen and oxygen atoms in total. The van der Waals surface area contributed by atoms with E-state index in [1.54, 1.807) is 0 Å². The molecule has 0 aliphatic heterocycles. The molecule has 0 bridgehead atoms. The molecule has 12 heavy (non-hydrogen) atoms. The third-order valence-electron chi connectivity index (χ3n) is 1.47. The molecule has 0 saturated heterocycles. The second-order valence-electron chi connectivity index (χ2n) is 2.44. The second kappa shape index (κ2) is 3.49. The van der Waals surface area contributed by atoms with E-state index in [9.17, 15) is 0 Å². The van der Waals surface area contributed by atoms with Crippen molar-refractivity contribution in [2.24, 2.45) is 0 Å². The third-order valence-corrected chi connectivity index (χ3v) is 4.08. The van der Waals surface area contributed by atoms with Gasteiger partial charge >= 0.3 is 67.3 Å². The quantitative estimate of drug-likeness (QED) is 0.240. The van der Waals surface area contributed by atoms with Gasteiger partial charge in [0.05, 0.1) is 0 Å². The third kappa shape index (κ3) is 2.09. The number of aliphatic hydroxyl groups excluding tert-OH is 4. The van der Waals surface area contributed by atoms with Crippen LogP contribution in [0, 0.1) is 0 Å². The van der Waals surface area contributed by atoms with Crippen LogP contribution < -0.4 is 0 Å². The van der Waals surface area contributed by atoms with Crippen LogP contribution in [-0.2, 0) is 0 Å². The van der Waals surface area contributed by atoms with Crippen LogP contribution in [0.15, 0.2) is 0 Å². The fourth-order valence-corrected chi connectivity index (χ4v) is 1.54. The maximum absolute atomic E-state index is 8.94. The van der Waals surface area contributed by atoms with E-state index < -0.39 is 32.2 Å². The molecule has 0 aromatic heterocycles. The molecule has 0 aromatic rings. The first-order valence-electron chi connectivity index (χ1n) is 3.08. The molecule has 0 heterocycles. The molecule has 0 spiro atoms. The SMILES string of the molecule is OCC(O)P(O)(O)(O)C(O)CO. The van der Waals surface area contributed by atoms with Crippen molar-refractivity contribution in [3.63, 3.8) is 0 Å². The summed E-state index contributed by atoms with van der Waals surface area (Å²) >= 11 is 0. The van der Waals surface area contributed by atoms with E-state index in [0.717, 1.165) is 0 Å². The van der Waals surface area contributed by atoms with E-state index in [1.807, 2.05) is 0 Å². The Hall–Kier alpha value is 0.150. The van der Waals surface area contributed by atoms with Crippen molar-refractivity contribution in [3.05, 3.63) is 0 Å². The summed E-state index contributed by atoms with van der Waals surface area (Å²) in [5.74, 6) is -4.53. The van der Waals surface area contributed by atoms with Crippen molar-refractivity contribution in [3.8, 4) is 0 Å². The molecule has 2 unspecified atom stereocenters. The van der Waals surface area contributed by atoms with Gasteiger partial charge in [-0.2, -0.15) is 0 Å². The van der Waals surface area contributed by atoms with Gasteiger partial charge in [-0.15, -0.1) is 0 Å². The van der Waals surface area contributed by atoms with E-state index >= 15 is 0 Å². The summed E-state index contributed by atoms with van der Waals surface area (Å²) in [6.07, 6.45) is 0. The first kappa shape index (κ1) is 12.2. The summed E-state index contributed by atoms with van der Waals surface area (Å²) in [5.41, 5.74) is 0. The molecule has 0 aromatic carbocycles. The van der Waals surface area contributed by atoms with E-state index in [-0.39, 0.29) is 0 Å². The van der Waals surface area contributed by atoms with E-state index in [1.165, 1.54) is 0 Å². The van der Waals surface area contributed by atoms with Crippen LogP contribution in [0.5, 0.6) is 0 Å². The summed E-state index contributed by atoms with van der Waals surface area (Å²) in [4.78, 5) is 26.8. The predicted molar refractivity (Wildman–Crippen MR) is 39.8 cm³/mol. The van der Waals surface area contributed by atoms with Crippen LogP contribution in [0.25, 0.3) is 0 Å². The van der Waals surface area contributed by atoms with Gasteiger partial charge in [0.15, 0.2) is 0 Å². The minimum atomic E-state index is -5.77. The Balaban J connectivity index is 4.70. The fraction of sp³-hybridized carbons (Fsp3) is 1.00. The average Bonchev–Trinajstić information content (AvgIpc) is 2.00. The Morgan fingerprint density at radius 3 is 1.25 bits per heavy atom.